The molecule has 2 heterocycles. The van der Waals surface area contributed by atoms with Crippen LogP contribution in [0.3, 0.4) is 0 Å². The number of nitrogens with zero attached hydrogens (tertiary/aromatic N) is 1. The Morgan fingerprint density at radius 1 is 1.47 bits per heavy atom. The minimum Gasteiger partial charge on any atom is -0.306 e. The third kappa shape index (κ3) is 1.63. The van der Waals surface area contributed by atoms with Gasteiger partial charge >= 0.3 is 6.03 Å². The first-order chi connectivity index (χ1) is 7.01. The predicted molar refractivity (Wildman–Crippen MR) is 57.5 cm³/mol. The Labute approximate surface area is 91.9 Å². The first kappa shape index (κ1) is 10.2. The van der Waals surface area contributed by atoms with Crippen LogP contribution in [-0.2, 0) is 11.3 Å². The highest BCUT2D eigenvalue weighted by Crippen LogP contribution is 2.23. The fourth-order valence-electron chi connectivity index (χ4n) is 1.53. The molecule has 5 heteroatoms. The number of hydrogen-bond donors (Lipinski definition) is 1. The van der Waals surface area contributed by atoms with Crippen LogP contribution in [0.2, 0.25) is 0 Å². The number of nitrogens with one attached hydrogen (secondary N) is 1. The Morgan fingerprint density at radius 3 is 2.67 bits per heavy atom. The topological polar surface area (TPSA) is 49.4 Å². The Bertz CT molecular complexity index is 398. The van der Waals surface area contributed by atoms with E-state index in [0.717, 1.165) is 5.56 Å². The van der Waals surface area contributed by atoms with Crippen LogP contribution in [0.1, 0.15) is 19.4 Å². The summed E-state index contributed by atoms with van der Waals surface area (Å²) in [5.41, 5.74) is 0.303. The highest BCUT2D eigenvalue weighted by atomic mass is 32.1. The summed E-state index contributed by atoms with van der Waals surface area (Å²) in [5.74, 6) is -0.234. The molecule has 2 rings (SSSR count). The van der Waals surface area contributed by atoms with Gasteiger partial charge < -0.3 is 4.90 Å². The van der Waals surface area contributed by atoms with Crippen molar-refractivity contribution in [2.75, 3.05) is 0 Å². The maximum atomic E-state index is 11.5. The van der Waals surface area contributed by atoms with E-state index in [-0.39, 0.29) is 11.9 Å². The molecule has 1 saturated heterocycles. The molecule has 0 unspecified atom stereocenters. The predicted octanol–water partition coefficient (Wildman–Crippen LogP) is 1.58. The van der Waals surface area contributed by atoms with Crippen LogP contribution >= 0.6 is 11.3 Å². The third-order valence-electron chi connectivity index (χ3n) is 2.62. The molecule has 1 N–H and O–H groups in total. The van der Waals surface area contributed by atoms with Gasteiger partial charge in [-0.3, -0.25) is 10.1 Å². The molecule has 1 fully saturated rings. The highest BCUT2D eigenvalue weighted by Gasteiger charge is 2.45. The Morgan fingerprint density at radius 2 is 2.20 bits per heavy atom. The van der Waals surface area contributed by atoms with Gasteiger partial charge in [0, 0.05) is 6.54 Å². The zero-order valence-electron chi connectivity index (χ0n) is 8.61. The van der Waals surface area contributed by atoms with Gasteiger partial charge in [-0.15, -0.1) is 0 Å². The standard InChI is InChI=1S/C10H12N2O2S/c1-10(2)8(13)11-9(14)12(10)5-7-3-4-15-6-7/h3-4,6H,5H2,1-2H3,(H,11,13,14). The van der Waals surface area contributed by atoms with Crippen molar-refractivity contribution in [1.82, 2.24) is 10.2 Å². The van der Waals surface area contributed by atoms with E-state index < -0.39 is 5.54 Å². The number of hydrogen-bond acceptors (Lipinski definition) is 3. The fraction of sp³-hybridized carbons (Fsp3) is 0.400. The summed E-state index contributed by atoms with van der Waals surface area (Å²) in [5, 5.41) is 6.26. The molecule has 0 aliphatic carbocycles. The molecule has 0 atom stereocenters. The van der Waals surface area contributed by atoms with E-state index >= 15 is 0 Å². The number of thiophene rings is 1. The average Bonchev–Trinajstić information content (AvgIpc) is 2.70. The van der Waals surface area contributed by atoms with Crippen LogP contribution in [0, 0.1) is 0 Å². The lowest BCUT2D eigenvalue weighted by molar-refractivity contribution is -0.125. The second-order valence-corrected chi connectivity index (χ2v) is 4.82. The van der Waals surface area contributed by atoms with Gasteiger partial charge in [-0.05, 0) is 36.2 Å². The van der Waals surface area contributed by atoms with Crippen LogP contribution in [0.25, 0.3) is 0 Å². The van der Waals surface area contributed by atoms with Gasteiger partial charge in [0.05, 0.1) is 0 Å². The molecule has 3 amide bonds. The van der Waals surface area contributed by atoms with Crippen molar-refractivity contribution < 1.29 is 9.59 Å². The van der Waals surface area contributed by atoms with Gasteiger partial charge in [0.2, 0.25) is 0 Å². The van der Waals surface area contributed by atoms with Crippen molar-refractivity contribution in [1.29, 1.82) is 0 Å². The average molecular weight is 224 g/mol. The molecule has 0 spiro atoms. The van der Waals surface area contributed by atoms with Gasteiger partial charge in [-0.2, -0.15) is 11.3 Å². The molecule has 80 valence electrons. The summed E-state index contributed by atoms with van der Waals surface area (Å²) < 4.78 is 0. The minimum atomic E-state index is -0.751. The quantitative estimate of drug-likeness (QED) is 0.775. The molecular weight excluding hydrogens is 212 g/mol. The lowest BCUT2D eigenvalue weighted by atomic mass is 10.0. The van der Waals surface area contributed by atoms with Crippen LogP contribution in [-0.4, -0.2) is 22.4 Å². The van der Waals surface area contributed by atoms with Gasteiger partial charge in [0.25, 0.3) is 5.91 Å². The Balaban J connectivity index is 2.21. The van der Waals surface area contributed by atoms with Gasteiger partial charge in [-0.1, -0.05) is 0 Å². The van der Waals surface area contributed by atoms with E-state index in [0.29, 0.717) is 6.54 Å². The third-order valence-corrected chi connectivity index (χ3v) is 3.35. The zero-order chi connectivity index (χ0) is 11.1. The molecule has 1 aliphatic rings. The van der Waals surface area contributed by atoms with Crippen molar-refractivity contribution in [3.05, 3.63) is 22.4 Å². The molecule has 4 nitrogen and oxygen atoms in total. The maximum absolute atomic E-state index is 11.5. The van der Waals surface area contributed by atoms with Crippen molar-refractivity contribution in [2.24, 2.45) is 0 Å². The summed E-state index contributed by atoms with van der Waals surface area (Å²) in [6.45, 7) is 3.98. The molecule has 1 aromatic rings. The highest BCUT2D eigenvalue weighted by molar-refractivity contribution is 7.07. The fourth-order valence-corrected chi connectivity index (χ4v) is 2.19. The number of rotatable bonds is 2. The van der Waals surface area contributed by atoms with Crippen molar-refractivity contribution >= 4 is 23.3 Å². The van der Waals surface area contributed by atoms with Crippen LogP contribution in [0.5, 0.6) is 0 Å². The SMILES string of the molecule is CC1(C)C(=O)NC(=O)N1Cc1ccsc1. The number of amides is 3. The molecule has 0 radical (unpaired) electrons. The van der Waals surface area contributed by atoms with Gasteiger partial charge in [-0.25, -0.2) is 4.79 Å². The lowest BCUT2D eigenvalue weighted by Crippen LogP contribution is -2.43. The van der Waals surface area contributed by atoms with E-state index in [1.54, 1.807) is 30.1 Å². The van der Waals surface area contributed by atoms with E-state index in [1.165, 1.54) is 0 Å². The van der Waals surface area contributed by atoms with Crippen molar-refractivity contribution in [2.45, 2.75) is 25.9 Å². The van der Waals surface area contributed by atoms with E-state index in [1.807, 2.05) is 16.8 Å². The van der Waals surface area contributed by atoms with Crippen molar-refractivity contribution in [3.8, 4) is 0 Å². The minimum absolute atomic E-state index is 0.234. The Kier molecular flexibility index (Phi) is 2.26. The monoisotopic (exact) mass is 224 g/mol. The van der Waals surface area contributed by atoms with Crippen molar-refractivity contribution in [3.63, 3.8) is 0 Å². The normalized spacial score (nSPS) is 19.5. The lowest BCUT2D eigenvalue weighted by Gasteiger charge is -2.27. The summed E-state index contributed by atoms with van der Waals surface area (Å²) in [7, 11) is 0. The number of imide groups is 1. The second-order valence-electron chi connectivity index (χ2n) is 4.04. The van der Waals surface area contributed by atoms with Gasteiger partial charge in [0.1, 0.15) is 5.54 Å². The molecule has 0 saturated carbocycles. The molecule has 1 aromatic heterocycles. The summed E-state index contributed by atoms with van der Waals surface area (Å²) in [6.07, 6.45) is 0. The number of carbonyl (C=O) groups excluding carboxylic acids is 2. The molecule has 15 heavy (non-hydrogen) atoms. The van der Waals surface area contributed by atoms with Gasteiger partial charge in [0.15, 0.2) is 0 Å². The zero-order valence-corrected chi connectivity index (χ0v) is 9.43. The summed E-state index contributed by atoms with van der Waals surface area (Å²) in [6, 6.07) is 1.65. The molecule has 1 aliphatic heterocycles. The van der Waals surface area contributed by atoms with E-state index in [9.17, 15) is 9.59 Å². The molecule has 0 aromatic carbocycles. The number of carbonyl (C=O) groups is 2. The smallest absolute Gasteiger partial charge is 0.306 e. The van der Waals surface area contributed by atoms with E-state index in [4.69, 9.17) is 0 Å². The maximum Gasteiger partial charge on any atom is 0.325 e. The van der Waals surface area contributed by atoms with E-state index in [2.05, 4.69) is 5.32 Å². The first-order valence-corrected chi connectivity index (χ1v) is 5.60. The molecular formula is C10H12N2O2S. The summed E-state index contributed by atoms with van der Waals surface area (Å²) in [4.78, 5) is 24.6. The molecule has 0 bridgehead atoms. The first-order valence-electron chi connectivity index (χ1n) is 4.66. The summed E-state index contributed by atoms with van der Waals surface area (Å²) >= 11 is 1.58. The van der Waals surface area contributed by atoms with Crippen LogP contribution < -0.4 is 5.32 Å². The van der Waals surface area contributed by atoms with Crippen LogP contribution in [0.4, 0.5) is 4.79 Å². The second kappa shape index (κ2) is 3.34. The Hall–Kier alpha value is -1.36. The number of urea groups is 1. The van der Waals surface area contributed by atoms with Crippen LogP contribution in [0.15, 0.2) is 16.8 Å². The largest absolute Gasteiger partial charge is 0.325 e.